The third-order valence-corrected chi connectivity index (χ3v) is 6.36. The minimum atomic E-state index is -0.530. The van der Waals surface area contributed by atoms with Crippen LogP contribution in [0.25, 0.3) is 16.9 Å². The van der Waals surface area contributed by atoms with Crippen molar-refractivity contribution in [3.63, 3.8) is 0 Å². The molecule has 5 rings (SSSR count). The van der Waals surface area contributed by atoms with Crippen LogP contribution in [0.3, 0.4) is 0 Å². The molecule has 1 unspecified atom stereocenters. The van der Waals surface area contributed by atoms with Gasteiger partial charge in [0.05, 0.1) is 23.0 Å². The lowest BCUT2D eigenvalue weighted by Crippen LogP contribution is -2.08. The Bertz CT molecular complexity index is 1590. The number of nitrogen functional groups attached to an aromatic ring is 1. The predicted molar refractivity (Wildman–Crippen MR) is 139 cm³/mol. The average Bonchev–Trinajstić information content (AvgIpc) is 3.29. The molecule has 5 aromatic rings. The molecule has 0 saturated carbocycles. The number of rotatable bonds is 5. The number of nitriles is 1. The maximum Gasteiger partial charge on any atom is 0.167 e. The van der Waals surface area contributed by atoms with Gasteiger partial charge in [0.2, 0.25) is 0 Å². The van der Waals surface area contributed by atoms with E-state index in [1.165, 1.54) is 6.33 Å². The maximum absolute atomic E-state index is 9.86. The molecule has 0 fully saturated rings. The molecule has 35 heavy (non-hydrogen) atoms. The fraction of sp³-hybridized carbons (Fsp3) is 0.0769. The molecule has 0 aliphatic rings. The number of aryl methyl sites for hydroxylation is 1. The Balaban J connectivity index is 1.49. The van der Waals surface area contributed by atoms with E-state index in [0.717, 1.165) is 27.8 Å². The Morgan fingerprint density at radius 2 is 1.80 bits per heavy atom. The quantitative estimate of drug-likeness (QED) is 0.289. The second-order valence-corrected chi connectivity index (χ2v) is 8.83. The molecule has 7 nitrogen and oxygen atoms in total. The highest BCUT2D eigenvalue weighted by Gasteiger charge is 2.19. The molecule has 0 spiro atoms. The van der Waals surface area contributed by atoms with Crippen molar-refractivity contribution in [3.8, 4) is 11.9 Å². The number of nitrogens with zero attached hydrogens (tertiary/aromatic N) is 5. The number of imidazole rings is 1. The summed E-state index contributed by atoms with van der Waals surface area (Å²) in [5, 5.41) is 14.2. The number of halogens is 2. The van der Waals surface area contributed by atoms with Crippen LogP contribution in [-0.2, 0) is 0 Å². The van der Waals surface area contributed by atoms with Crippen molar-refractivity contribution < 1.29 is 0 Å². The second-order valence-electron chi connectivity index (χ2n) is 7.99. The Labute approximate surface area is 211 Å². The summed E-state index contributed by atoms with van der Waals surface area (Å²) in [6, 6.07) is 20.9. The van der Waals surface area contributed by atoms with Crippen molar-refractivity contribution in [1.82, 2.24) is 19.5 Å². The van der Waals surface area contributed by atoms with Crippen LogP contribution in [0.5, 0.6) is 0 Å². The zero-order valence-electron chi connectivity index (χ0n) is 18.6. The Morgan fingerprint density at radius 3 is 2.57 bits per heavy atom. The van der Waals surface area contributed by atoms with Crippen molar-refractivity contribution in [1.29, 1.82) is 5.26 Å². The van der Waals surface area contributed by atoms with Crippen molar-refractivity contribution in [2.45, 2.75) is 12.8 Å². The average molecular weight is 500 g/mol. The van der Waals surface area contributed by atoms with Crippen LogP contribution in [0.1, 0.15) is 22.6 Å². The standard InChI is InChI=1S/C26H19Cl2N7/c1-15-10-18(19(12-29)16-6-8-17(27)9-7-16)20(28)11-22(15)34-25-24(30)26(32-13-31-25)35-14-33-21-4-2-3-5-23(21)35/h2-11,13-14,19H,30H2,1H3,(H,31,32,34). The van der Waals surface area contributed by atoms with Gasteiger partial charge in [0.15, 0.2) is 11.6 Å². The first-order valence-electron chi connectivity index (χ1n) is 10.7. The zero-order chi connectivity index (χ0) is 24.5. The number of para-hydroxylation sites is 2. The number of aromatic nitrogens is 4. The van der Waals surface area contributed by atoms with E-state index in [1.807, 2.05) is 54.0 Å². The van der Waals surface area contributed by atoms with E-state index in [-0.39, 0.29) is 0 Å². The molecular weight excluding hydrogens is 481 g/mol. The first kappa shape index (κ1) is 22.7. The van der Waals surface area contributed by atoms with Crippen LogP contribution in [0.15, 0.2) is 73.3 Å². The number of anilines is 3. The lowest BCUT2D eigenvalue weighted by Gasteiger charge is -2.17. The lowest BCUT2D eigenvalue weighted by molar-refractivity contribution is 1.00. The zero-order valence-corrected chi connectivity index (χ0v) is 20.1. The van der Waals surface area contributed by atoms with Crippen LogP contribution >= 0.6 is 23.2 Å². The fourth-order valence-electron chi connectivity index (χ4n) is 3.97. The third kappa shape index (κ3) is 4.26. The van der Waals surface area contributed by atoms with Gasteiger partial charge in [0.25, 0.3) is 0 Å². The van der Waals surface area contributed by atoms with Gasteiger partial charge in [-0.3, -0.25) is 4.57 Å². The minimum Gasteiger partial charge on any atom is -0.393 e. The van der Waals surface area contributed by atoms with Gasteiger partial charge in [-0.2, -0.15) is 5.26 Å². The van der Waals surface area contributed by atoms with Crippen LogP contribution in [0.2, 0.25) is 10.0 Å². The molecule has 0 radical (unpaired) electrons. The maximum atomic E-state index is 9.86. The second kappa shape index (κ2) is 9.26. The highest BCUT2D eigenvalue weighted by molar-refractivity contribution is 6.32. The molecule has 0 aliphatic carbocycles. The molecule has 2 heterocycles. The van der Waals surface area contributed by atoms with Crippen molar-refractivity contribution >= 4 is 51.4 Å². The Kier molecular flexibility index (Phi) is 6.00. The monoisotopic (exact) mass is 499 g/mol. The minimum absolute atomic E-state index is 0.367. The first-order chi connectivity index (χ1) is 17.0. The van der Waals surface area contributed by atoms with E-state index in [9.17, 15) is 5.26 Å². The smallest absolute Gasteiger partial charge is 0.167 e. The molecule has 0 saturated heterocycles. The van der Waals surface area contributed by atoms with Gasteiger partial charge in [-0.05, 0) is 53.9 Å². The largest absolute Gasteiger partial charge is 0.393 e. The van der Waals surface area contributed by atoms with Gasteiger partial charge < -0.3 is 11.1 Å². The van der Waals surface area contributed by atoms with Gasteiger partial charge in [-0.1, -0.05) is 53.5 Å². The van der Waals surface area contributed by atoms with E-state index in [0.29, 0.717) is 32.9 Å². The van der Waals surface area contributed by atoms with E-state index >= 15 is 0 Å². The predicted octanol–water partition coefficient (Wildman–Crippen LogP) is 6.41. The third-order valence-electron chi connectivity index (χ3n) is 5.78. The summed E-state index contributed by atoms with van der Waals surface area (Å²) in [7, 11) is 0. The molecule has 3 aromatic carbocycles. The number of hydrogen-bond acceptors (Lipinski definition) is 6. The molecule has 172 valence electrons. The Hall–Kier alpha value is -4.12. The highest BCUT2D eigenvalue weighted by atomic mass is 35.5. The van der Waals surface area contributed by atoms with Gasteiger partial charge >= 0.3 is 0 Å². The lowest BCUT2D eigenvalue weighted by atomic mass is 9.91. The van der Waals surface area contributed by atoms with Crippen LogP contribution in [-0.4, -0.2) is 19.5 Å². The van der Waals surface area contributed by atoms with Gasteiger partial charge in [0.1, 0.15) is 18.3 Å². The van der Waals surface area contributed by atoms with E-state index in [2.05, 4.69) is 26.3 Å². The summed E-state index contributed by atoms with van der Waals surface area (Å²) < 4.78 is 1.82. The van der Waals surface area contributed by atoms with Gasteiger partial charge in [0, 0.05) is 15.7 Å². The first-order valence-corrected chi connectivity index (χ1v) is 11.5. The van der Waals surface area contributed by atoms with Gasteiger partial charge in [-0.15, -0.1) is 0 Å². The summed E-state index contributed by atoms with van der Waals surface area (Å²) >= 11 is 12.6. The molecule has 0 bridgehead atoms. The molecule has 0 aliphatic heterocycles. The summed E-state index contributed by atoms with van der Waals surface area (Å²) in [6.45, 7) is 1.93. The topological polar surface area (TPSA) is 105 Å². The van der Waals surface area contributed by atoms with E-state index < -0.39 is 5.92 Å². The normalized spacial score (nSPS) is 11.8. The van der Waals surface area contributed by atoms with Crippen molar-refractivity contribution in [2.75, 3.05) is 11.1 Å². The molecule has 2 aromatic heterocycles. The van der Waals surface area contributed by atoms with Crippen LogP contribution in [0.4, 0.5) is 17.2 Å². The Morgan fingerprint density at radius 1 is 1.03 bits per heavy atom. The van der Waals surface area contributed by atoms with Gasteiger partial charge in [-0.25, -0.2) is 15.0 Å². The van der Waals surface area contributed by atoms with Crippen LogP contribution < -0.4 is 11.1 Å². The van der Waals surface area contributed by atoms with E-state index in [4.69, 9.17) is 28.9 Å². The summed E-state index contributed by atoms with van der Waals surface area (Å²) in [5.74, 6) is 0.427. The number of nitrogens with one attached hydrogen (secondary N) is 1. The molecule has 0 amide bonds. The SMILES string of the molecule is Cc1cc(C(C#N)c2ccc(Cl)cc2)c(Cl)cc1Nc1ncnc(-n2cnc3ccccc32)c1N. The summed E-state index contributed by atoms with van der Waals surface area (Å²) in [4.78, 5) is 13.1. The number of fused-ring (bicyclic) bond motifs is 1. The number of hydrogen-bond donors (Lipinski definition) is 2. The van der Waals surface area contributed by atoms with Crippen molar-refractivity contribution in [3.05, 3.63) is 100 Å². The molecule has 9 heteroatoms. The fourth-order valence-corrected chi connectivity index (χ4v) is 4.37. The molecule has 3 N–H and O–H groups in total. The number of benzene rings is 3. The summed E-state index contributed by atoms with van der Waals surface area (Å²) in [5.41, 5.74) is 11.7. The summed E-state index contributed by atoms with van der Waals surface area (Å²) in [6.07, 6.45) is 3.13. The number of nitrogens with two attached hydrogens (primary N) is 1. The highest BCUT2D eigenvalue weighted by Crippen LogP contribution is 2.36. The molecular formula is C26H19Cl2N7. The van der Waals surface area contributed by atoms with E-state index in [1.54, 1.807) is 24.5 Å². The molecule has 1 atom stereocenters. The van der Waals surface area contributed by atoms with Crippen molar-refractivity contribution in [2.24, 2.45) is 0 Å². The van der Waals surface area contributed by atoms with Crippen LogP contribution in [0, 0.1) is 18.3 Å².